The molecule has 4 aromatic rings. The summed E-state index contributed by atoms with van der Waals surface area (Å²) in [6.07, 6.45) is 8.95. The molecular weight excluding hydrogens is 516 g/mol. The van der Waals surface area contributed by atoms with Crippen LogP contribution in [-0.4, -0.2) is 66.2 Å². The number of nitrogens with zero attached hydrogens (tertiary/aromatic N) is 5. The second-order valence-corrected chi connectivity index (χ2v) is 15.4. The van der Waals surface area contributed by atoms with Gasteiger partial charge in [0, 0.05) is 56.9 Å². The van der Waals surface area contributed by atoms with Gasteiger partial charge >= 0.3 is 0 Å². The lowest BCUT2D eigenvalue weighted by Crippen LogP contribution is -2.38. The SMILES string of the molecule is Cc1c(-c2[nH]c3sc([C@@H]4C[C@@H]5C[C@H]4CN5CC(=O)N=S(C)(C)=O)c(C)c3c2C(C)C)cn2ncnc2c1C. The van der Waals surface area contributed by atoms with Crippen molar-refractivity contribution in [1.82, 2.24) is 24.5 Å². The number of aromatic nitrogens is 4. The molecule has 0 unspecified atom stereocenters. The average Bonchev–Trinajstić information content (AvgIpc) is 3.62. The first-order chi connectivity index (χ1) is 17.9. The minimum absolute atomic E-state index is 0.256. The Balaban J connectivity index is 1.34. The number of thiophene rings is 1. The Morgan fingerprint density at radius 2 is 1.97 bits per heavy atom. The predicted molar refractivity (Wildman–Crippen MR) is 155 cm³/mol. The molecule has 2 fully saturated rings. The molecule has 1 saturated carbocycles. The number of fused-ring (bicyclic) bond motifs is 4. The van der Waals surface area contributed by atoms with E-state index in [4.69, 9.17) is 0 Å². The van der Waals surface area contributed by atoms with Gasteiger partial charge in [-0.1, -0.05) is 13.8 Å². The number of amides is 1. The number of hydrogen-bond acceptors (Lipinski definition) is 6. The lowest BCUT2D eigenvalue weighted by molar-refractivity contribution is -0.119. The number of carbonyl (C=O) groups is 1. The number of aromatic amines is 1. The third-order valence-electron chi connectivity index (χ3n) is 8.59. The second-order valence-electron chi connectivity index (χ2n) is 11.8. The fraction of sp³-hybridized carbons (Fsp3) is 0.536. The molecule has 8 nitrogen and oxygen atoms in total. The number of hydrogen-bond donors (Lipinski definition) is 1. The summed E-state index contributed by atoms with van der Waals surface area (Å²) in [6, 6.07) is 0.397. The van der Waals surface area contributed by atoms with E-state index in [2.05, 4.69) is 65.1 Å². The number of likely N-dealkylation sites (tertiary alicyclic amines) is 1. The molecule has 1 aliphatic carbocycles. The molecule has 1 amide bonds. The highest BCUT2D eigenvalue weighted by molar-refractivity contribution is 7.92. The van der Waals surface area contributed by atoms with Crippen molar-refractivity contribution in [2.45, 2.75) is 65.3 Å². The Bertz CT molecular complexity index is 1710. The van der Waals surface area contributed by atoms with Gasteiger partial charge in [0.05, 0.1) is 12.2 Å². The van der Waals surface area contributed by atoms with Crippen LogP contribution >= 0.6 is 11.3 Å². The Morgan fingerprint density at radius 3 is 2.63 bits per heavy atom. The maximum Gasteiger partial charge on any atom is 0.267 e. The molecular formula is C28H36N6O2S2. The van der Waals surface area contributed by atoms with Gasteiger partial charge in [-0.2, -0.15) is 9.46 Å². The molecule has 2 bridgehead atoms. The van der Waals surface area contributed by atoms with Crippen molar-refractivity contribution >= 4 is 42.8 Å². The number of aryl methyl sites for hydroxylation is 2. The molecule has 10 heteroatoms. The molecule has 6 rings (SSSR count). The van der Waals surface area contributed by atoms with Gasteiger partial charge in [-0.15, -0.1) is 11.3 Å². The molecule has 0 aromatic carbocycles. The van der Waals surface area contributed by atoms with Gasteiger partial charge in [0.15, 0.2) is 5.65 Å². The van der Waals surface area contributed by atoms with Crippen LogP contribution in [0.2, 0.25) is 0 Å². The smallest absolute Gasteiger partial charge is 0.267 e. The standard InChI is InChI=1S/C28H36N6O2S2/c1-14(2)23-24-17(5)26(20-9-19-8-18(20)10-33(19)12-22(35)32-38(6,7)36)37-28(24)31-25(23)21-11-34-27(29-13-30-34)16(4)15(21)3/h11,13-14,18-20,31H,8-10,12H2,1-7H3/t18-,19-,20+/m0/s1. The molecule has 4 aromatic heterocycles. The number of pyridine rings is 1. The number of rotatable bonds is 5. The van der Waals surface area contributed by atoms with Crippen LogP contribution in [0.5, 0.6) is 0 Å². The average molecular weight is 553 g/mol. The Kier molecular flexibility index (Phi) is 6.08. The summed E-state index contributed by atoms with van der Waals surface area (Å²) < 4.78 is 17.7. The van der Waals surface area contributed by atoms with Crippen molar-refractivity contribution in [2.75, 3.05) is 25.6 Å². The van der Waals surface area contributed by atoms with E-state index in [1.54, 1.807) is 6.33 Å². The summed E-state index contributed by atoms with van der Waals surface area (Å²) in [4.78, 5) is 25.6. The van der Waals surface area contributed by atoms with Crippen LogP contribution in [0.1, 0.15) is 65.7 Å². The third kappa shape index (κ3) is 4.12. The molecule has 5 heterocycles. The van der Waals surface area contributed by atoms with E-state index in [-0.39, 0.29) is 12.5 Å². The Labute approximate surface area is 228 Å². The van der Waals surface area contributed by atoms with E-state index in [1.165, 1.54) is 55.6 Å². The van der Waals surface area contributed by atoms with Crippen LogP contribution in [-0.2, 0) is 14.5 Å². The number of piperidine rings is 1. The fourth-order valence-electron chi connectivity index (χ4n) is 6.86. The normalized spacial score (nSPS) is 21.9. The van der Waals surface area contributed by atoms with Crippen LogP contribution in [0.3, 0.4) is 0 Å². The van der Waals surface area contributed by atoms with Gasteiger partial charge < -0.3 is 4.98 Å². The summed E-state index contributed by atoms with van der Waals surface area (Å²) in [7, 11) is -2.40. The minimum Gasteiger partial charge on any atom is -0.346 e. The van der Waals surface area contributed by atoms with E-state index in [9.17, 15) is 9.00 Å². The number of nitrogens with one attached hydrogen (secondary N) is 1. The van der Waals surface area contributed by atoms with Gasteiger partial charge in [-0.25, -0.2) is 13.7 Å². The monoisotopic (exact) mass is 552 g/mol. The molecule has 38 heavy (non-hydrogen) atoms. The summed E-state index contributed by atoms with van der Waals surface area (Å²) in [6.45, 7) is 12.3. The molecule has 2 aliphatic rings. The van der Waals surface area contributed by atoms with Crippen LogP contribution in [0.15, 0.2) is 16.9 Å². The summed E-state index contributed by atoms with van der Waals surface area (Å²) in [5.74, 6) is 1.18. The quantitative estimate of drug-likeness (QED) is 0.357. The molecule has 0 spiro atoms. The molecule has 1 N–H and O–H groups in total. The van der Waals surface area contributed by atoms with E-state index < -0.39 is 9.73 Å². The maximum absolute atomic E-state index is 12.3. The van der Waals surface area contributed by atoms with E-state index >= 15 is 0 Å². The van der Waals surface area contributed by atoms with Gasteiger partial charge in [0.1, 0.15) is 11.2 Å². The first-order valence-corrected chi connectivity index (χ1v) is 16.5. The fourth-order valence-corrected chi connectivity index (χ4v) is 8.84. The Morgan fingerprint density at radius 1 is 1.21 bits per heavy atom. The minimum atomic E-state index is -2.40. The van der Waals surface area contributed by atoms with Gasteiger partial charge in [0.25, 0.3) is 5.91 Å². The third-order valence-corrected chi connectivity index (χ3v) is 10.6. The lowest BCUT2D eigenvalue weighted by Gasteiger charge is -2.30. The summed E-state index contributed by atoms with van der Waals surface area (Å²) in [5.41, 5.74) is 8.45. The molecule has 1 aliphatic heterocycles. The number of H-pyrrole nitrogens is 1. The van der Waals surface area contributed by atoms with Crippen molar-refractivity contribution in [3.8, 4) is 11.3 Å². The molecule has 0 radical (unpaired) electrons. The van der Waals surface area contributed by atoms with E-state index in [0.29, 0.717) is 23.8 Å². The highest BCUT2D eigenvalue weighted by Gasteiger charge is 2.46. The molecule has 202 valence electrons. The maximum atomic E-state index is 12.3. The first-order valence-electron chi connectivity index (χ1n) is 13.3. The van der Waals surface area contributed by atoms with E-state index in [1.807, 2.05) is 15.9 Å². The van der Waals surface area contributed by atoms with Crippen molar-refractivity contribution in [3.05, 3.63) is 39.7 Å². The Hall–Kier alpha value is -2.56. The van der Waals surface area contributed by atoms with Gasteiger partial charge in [-0.05, 0) is 73.6 Å². The van der Waals surface area contributed by atoms with Crippen molar-refractivity contribution in [2.24, 2.45) is 10.3 Å². The predicted octanol–water partition coefficient (Wildman–Crippen LogP) is 5.42. The number of carbonyl (C=O) groups excluding carboxylic acids is 1. The van der Waals surface area contributed by atoms with Gasteiger partial charge in [0.2, 0.25) is 0 Å². The highest BCUT2D eigenvalue weighted by Crippen LogP contribution is 2.53. The van der Waals surface area contributed by atoms with Gasteiger partial charge in [-0.3, -0.25) is 9.69 Å². The molecule has 1 saturated heterocycles. The largest absolute Gasteiger partial charge is 0.346 e. The van der Waals surface area contributed by atoms with Crippen LogP contribution in [0.25, 0.3) is 27.1 Å². The van der Waals surface area contributed by atoms with Crippen LogP contribution < -0.4 is 0 Å². The zero-order valence-electron chi connectivity index (χ0n) is 23.2. The highest BCUT2D eigenvalue weighted by atomic mass is 32.2. The van der Waals surface area contributed by atoms with Crippen molar-refractivity contribution < 1.29 is 9.00 Å². The topological polar surface area (TPSA) is 95.7 Å². The zero-order valence-corrected chi connectivity index (χ0v) is 24.8. The molecule has 3 atom stereocenters. The van der Waals surface area contributed by atoms with Crippen LogP contribution in [0, 0.1) is 26.7 Å². The first kappa shape index (κ1) is 25.7. The summed E-state index contributed by atoms with van der Waals surface area (Å²) >= 11 is 1.91. The van der Waals surface area contributed by atoms with E-state index in [0.717, 1.165) is 30.6 Å². The zero-order chi connectivity index (χ0) is 27.1. The van der Waals surface area contributed by atoms with Crippen molar-refractivity contribution in [3.63, 3.8) is 0 Å². The summed E-state index contributed by atoms with van der Waals surface area (Å²) in [5, 5.41) is 5.79. The van der Waals surface area contributed by atoms with Crippen LogP contribution in [0.4, 0.5) is 0 Å². The lowest BCUT2D eigenvalue weighted by atomic mass is 9.88. The second kappa shape index (κ2) is 8.99. The van der Waals surface area contributed by atoms with Crippen molar-refractivity contribution in [1.29, 1.82) is 0 Å².